The van der Waals surface area contributed by atoms with Gasteiger partial charge in [0.2, 0.25) is 11.8 Å². The number of imide groups is 1. The molecule has 0 unspecified atom stereocenters. The molecule has 39 heavy (non-hydrogen) atoms. The average molecular weight is 525 g/mol. The Hall–Kier alpha value is -3.78. The second-order valence-electron chi connectivity index (χ2n) is 11.3. The number of hydrogen-bond acceptors (Lipinski definition) is 6. The van der Waals surface area contributed by atoms with Gasteiger partial charge in [-0.25, -0.2) is 0 Å². The van der Waals surface area contributed by atoms with Gasteiger partial charge in [-0.15, -0.1) is 0 Å². The molecule has 3 aliphatic heterocycles. The van der Waals surface area contributed by atoms with E-state index in [2.05, 4.69) is 34.5 Å². The van der Waals surface area contributed by atoms with E-state index in [1.54, 1.807) is 4.90 Å². The first-order valence-corrected chi connectivity index (χ1v) is 14.1. The number of hydrogen-bond donors (Lipinski definition) is 1. The highest BCUT2D eigenvalue weighted by Gasteiger charge is 2.41. The minimum Gasteiger partial charge on any atom is -0.489 e. The summed E-state index contributed by atoms with van der Waals surface area (Å²) in [5.41, 5.74) is 3.71. The van der Waals surface area contributed by atoms with Crippen LogP contribution in [0.25, 0.3) is 10.9 Å². The normalized spacial score (nSPS) is 25.9. The number of pyridine rings is 1. The summed E-state index contributed by atoms with van der Waals surface area (Å²) >= 11 is 0. The molecule has 0 bridgehead atoms. The van der Waals surface area contributed by atoms with E-state index in [0.29, 0.717) is 30.5 Å². The lowest BCUT2D eigenvalue weighted by molar-refractivity contribution is -0.136. The average Bonchev–Trinajstić information content (AvgIpc) is 3.24. The fourth-order valence-electron chi connectivity index (χ4n) is 6.71. The highest BCUT2D eigenvalue weighted by molar-refractivity contribution is 6.05. The lowest BCUT2D eigenvalue weighted by atomic mass is 9.85. The number of carbonyl (C=O) groups excluding carboxylic acids is 3. The SMILES string of the molecule is O=C1CC[C@H](N2Cc3cc(O[C@H]4CCCC[C@H]4N4CC(c5ccc6ccccc6n5)C4)ccc3C2=O)C(=O)N1. The fourth-order valence-corrected chi connectivity index (χ4v) is 6.71. The van der Waals surface area contributed by atoms with Gasteiger partial charge in [0, 0.05) is 54.7 Å². The van der Waals surface area contributed by atoms with Crippen LogP contribution < -0.4 is 10.1 Å². The van der Waals surface area contributed by atoms with Gasteiger partial charge in [-0.05, 0) is 61.6 Å². The molecule has 3 fully saturated rings. The smallest absolute Gasteiger partial charge is 0.255 e. The topological polar surface area (TPSA) is 91.8 Å². The predicted molar refractivity (Wildman–Crippen MR) is 145 cm³/mol. The Morgan fingerprint density at radius 3 is 2.64 bits per heavy atom. The maximum atomic E-state index is 13.0. The molecule has 1 N–H and O–H groups in total. The number of nitrogens with zero attached hydrogens (tertiary/aromatic N) is 3. The molecule has 1 aliphatic carbocycles. The van der Waals surface area contributed by atoms with Crippen LogP contribution in [-0.2, 0) is 16.1 Å². The molecule has 200 valence electrons. The van der Waals surface area contributed by atoms with Crippen molar-refractivity contribution in [2.75, 3.05) is 13.1 Å². The van der Waals surface area contributed by atoms with E-state index >= 15 is 0 Å². The monoisotopic (exact) mass is 524 g/mol. The second-order valence-corrected chi connectivity index (χ2v) is 11.3. The Kier molecular flexibility index (Phi) is 6.07. The van der Waals surface area contributed by atoms with Crippen molar-refractivity contribution >= 4 is 28.6 Å². The van der Waals surface area contributed by atoms with Crippen molar-refractivity contribution in [3.63, 3.8) is 0 Å². The van der Waals surface area contributed by atoms with Crippen LogP contribution in [0.3, 0.4) is 0 Å². The van der Waals surface area contributed by atoms with Gasteiger partial charge < -0.3 is 9.64 Å². The Morgan fingerprint density at radius 2 is 1.77 bits per heavy atom. The minimum absolute atomic E-state index is 0.102. The van der Waals surface area contributed by atoms with Gasteiger partial charge in [-0.3, -0.25) is 29.6 Å². The first-order chi connectivity index (χ1) is 19.0. The number of amides is 3. The molecular formula is C31H32N4O4. The van der Waals surface area contributed by atoms with E-state index in [1.807, 2.05) is 30.3 Å². The van der Waals surface area contributed by atoms with E-state index in [9.17, 15) is 14.4 Å². The lowest BCUT2D eigenvalue weighted by Gasteiger charge is -2.48. The molecule has 4 heterocycles. The molecule has 0 spiro atoms. The van der Waals surface area contributed by atoms with E-state index in [1.165, 1.54) is 17.5 Å². The molecule has 3 atom stereocenters. The first kappa shape index (κ1) is 24.3. The Morgan fingerprint density at radius 1 is 0.923 bits per heavy atom. The van der Waals surface area contributed by atoms with Gasteiger partial charge >= 0.3 is 0 Å². The van der Waals surface area contributed by atoms with Gasteiger partial charge in [0.15, 0.2) is 0 Å². The van der Waals surface area contributed by atoms with Crippen LogP contribution in [0.4, 0.5) is 0 Å². The Labute approximate surface area is 227 Å². The van der Waals surface area contributed by atoms with Crippen molar-refractivity contribution in [3.05, 3.63) is 71.4 Å². The summed E-state index contributed by atoms with van der Waals surface area (Å²) in [4.78, 5) is 46.0. The third-order valence-corrected chi connectivity index (χ3v) is 8.87. The maximum absolute atomic E-state index is 13.0. The zero-order valence-electron chi connectivity index (χ0n) is 21.8. The summed E-state index contributed by atoms with van der Waals surface area (Å²) in [5.74, 6) is 0.398. The van der Waals surface area contributed by atoms with Crippen LogP contribution in [0.15, 0.2) is 54.6 Å². The van der Waals surface area contributed by atoms with E-state index in [-0.39, 0.29) is 30.2 Å². The zero-order valence-corrected chi connectivity index (χ0v) is 21.8. The van der Waals surface area contributed by atoms with E-state index in [0.717, 1.165) is 49.2 Å². The second kappa shape index (κ2) is 9.75. The summed E-state index contributed by atoms with van der Waals surface area (Å²) in [6.07, 6.45) is 5.21. The molecule has 3 aromatic rings. The molecule has 4 aliphatic rings. The summed E-state index contributed by atoms with van der Waals surface area (Å²) < 4.78 is 6.59. The van der Waals surface area contributed by atoms with E-state index in [4.69, 9.17) is 9.72 Å². The first-order valence-electron chi connectivity index (χ1n) is 14.1. The molecule has 8 heteroatoms. The number of ether oxygens (including phenoxy) is 1. The van der Waals surface area contributed by atoms with Crippen molar-refractivity contribution in [3.8, 4) is 5.75 Å². The fraction of sp³-hybridized carbons (Fsp3) is 0.419. The van der Waals surface area contributed by atoms with Crippen LogP contribution in [0.1, 0.15) is 66.1 Å². The molecule has 2 aromatic carbocycles. The summed E-state index contributed by atoms with van der Waals surface area (Å²) in [6, 6.07) is 18.0. The van der Waals surface area contributed by atoms with Crippen LogP contribution in [-0.4, -0.2) is 63.8 Å². The van der Waals surface area contributed by atoms with Crippen LogP contribution in [0.2, 0.25) is 0 Å². The number of aromatic nitrogens is 1. The Balaban J connectivity index is 1.02. The highest BCUT2D eigenvalue weighted by atomic mass is 16.5. The number of benzene rings is 2. The molecule has 8 nitrogen and oxygen atoms in total. The number of fused-ring (bicyclic) bond motifs is 2. The highest BCUT2D eigenvalue weighted by Crippen LogP contribution is 2.36. The molecule has 7 rings (SSSR count). The van der Waals surface area contributed by atoms with Crippen LogP contribution in [0.5, 0.6) is 5.75 Å². The van der Waals surface area contributed by atoms with Gasteiger partial charge in [-0.1, -0.05) is 30.7 Å². The number of carbonyl (C=O) groups is 3. The summed E-state index contributed by atoms with van der Waals surface area (Å²) in [5, 5.41) is 3.54. The minimum atomic E-state index is -0.605. The Bertz CT molecular complexity index is 1470. The number of likely N-dealkylation sites (tertiary alicyclic amines) is 1. The maximum Gasteiger partial charge on any atom is 0.255 e. The third-order valence-electron chi connectivity index (χ3n) is 8.87. The van der Waals surface area contributed by atoms with Gasteiger partial charge in [-0.2, -0.15) is 0 Å². The standard InChI is InChI=1S/C31H32N4O4/c36-29-14-13-27(30(37)33-29)35-18-20-15-22(10-11-23(20)31(35)38)39-28-8-4-3-7-26(28)34-16-21(17-34)25-12-9-19-5-1-2-6-24(19)32-25/h1-2,5-6,9-12,15,21,26-28H,3-4,7-8,13-14,16-18H2,(H,33,36,37)/t26-,27+,28+/m1/s1. The number of rotatable bonds is 5. The summed E-state index contributed by atoms with van der Waals surface area (Å²) in [7, 11) is 0. The van der Waals surface area contributed by atoms with E-state index < -0.39 is 6.04 Å². The van der Waals surface area contributed by atoms with Crippen LogP contribution >= 0.6 is 0 Å². The van der Waals surface area contributed by atoms with Crippen molar-refractivity contribution in [2.45, 2.75) is 69.2 Å². The van der Waals surface area contributed by atoms with Gasteiger partial charge in [0.25, 0.3) is 5.91 Å². The molecule has 1 aromatic heterocycles. The number of nitrogens with one attached hydrogen (secondary N) is 1. The quantitative estimate of drug-likeness (QED) is 0.511. The van der Waals surface area contributed by atoms with Crippen molar-refractivity contribution < 1.29 is 19.1 Å². The van der Waals surface area contributed by atoms with Gasteiger partial charge in [0.1, 0.15) is 17.9 Å². The molecule has 1 saturated carbocycles. The molecule has 0 radical (unpaired) electrons. The molecular weight excluding hydrogens is 492 g/mol. The zero-order chi connectivity index (χ0) is 26.5. The number of para-hydroxylation sites is 1. The lowest BCUT2D eigenvalue weighted by Crippen LogP contribution is -2.57. The van der Waals surface area contributed by atoms with Crippen molar-refractivity contribution in [1.29, 1.82) is 0 Å². The van der Waals surface area contributed by atoms with Gasteiger partial charge in [0.05, 0.1) is 5.52 Å². The third kappa shape index (κ3) is 4.46. The number of piperidine rings is 1. The largest absolute Gasteiger partial charge is 0.489 e. The molecule has 2 saturated heterocycles. The van der Waals surface area contributed by atoms with Crippen LogP contribution in [0, 0.1) is 0 Å². The van der Waals surface area contributed by atoms with Crippen molar-refractivity contribution in [1.82, 2.24) is 20.1 Å². The summed E-state index contributed by atoms with van der Waals surface area (Å²) in [6.45, 7) is 2.35. The predicted octanol–water partition coefficient (Wildman–Crippen LogP) is 3.79. The van der Waals surface area contributed by atoms with Crippen molar-refractivity contribution in [2.24, 2.45) is 0 Å². The molecule has 3 amide bonds.